The van der Waals surface area contributed by atoms with Crippen molar-refractivity contribution < 1.29 is 9.47 Å². The van der Waals surface area contributed by atoms with Crippen LogP contribution in [0.15, 0.2) is 48.5 Å². The fraction of sp³-hybridized carbons (Fsp3) is 0.273. The fourth-order valence-electron chi connectivity index (χ4n) is 3.23. The van der Waals surface area contributed by atoms with E-state index in [0.29, 0.717) is 11.6 Å². The van der Waals surface area contributed by atoms with Gasteiger partial charge in [-0.3, -0.25) is 0 Å². The van der Waals surface area contributed by atoms with E-state index in [-0.39, 0.29) is 0 Å². The molecule has 0 radical (unpaired) electrons. The van der Waals surface area contributed by atoms with Crippen molar-refractivity contribution in [1.29, 1.82) is 0 Å². The number of hydrogen-bond acceptors (Lipinski definition) is 4. The summed E-state index contributed by atoms with van der Waals surface area (Å²) in [6.45, 7) is 2.43. The van der Waals surface area contributed by atoms with E-state index in [1.54, 1.807) is 11.3 Å². The maximum Gasteiger partial charge on any atom is 0.136 e. The third-order valence-electron chi connectivity index (χ3n) is 4.50. The summed E-state index contributed by atoms with van der Waals surface area (Å²) in [5.74, 6) is 1.71. The quantitative estimate of drug-likeness (QED) is 0.354. The van der Waals surface area contributed by atoms with Gasteiger partial charge in [0.05, 0.1) is 6.61 Å². The van der Waals surface area contributed by atoms with Gasteiger partial charge in [0.2, 0.25) is 0 Å². The number of ether oxygens (including phenoxy) is 2. The van der Waals surface area contributed by atoms with Crippen LogP contribution in [-0.4, -0.2) is 32.1 Å². The van der Waals surface area contributed by atoms with Crippen LogP contribution in [0.2, 0.25) is 5.02 Å². The predicted molar refractivity (Wildman–Crippen MR) is 113 cm³/mol. The largest absolute Gasteiger partial charge is 0.456 e. The minimum atomic E-state index is 0.629. The molecule has 0 saturated heterocycles. The van der Waals surface area contributed by atoms with Crippen molar-refractivity contribution in [3.63, 3.8) is 0 Å². The molecule has 2 aromatic carbocycles. The van der Waals surface area contributed by atoms with Crippen molar-refractivity contribution in [1.82, 2.24) is 4.90 Å². The van der Waals surface area contributed by atoms with Crippen molar-refractivity contribution in [2.24, 2.45) is 0 Å². The van der Waals surface area contributed by atoms with Gasteiger partial charge in [0.1, 0.15) is 11.5 Å². The highest BCUT2D eigenvalue weighted by atomic mass is 35.5. The normalized spacial score (nSPS) is 12.1. The van der Waals surface area contributed by atoms with Crippen LogP contribution >= 0.6 is 22.9 Å². The van der Waals surface area contributed by atoms with E-state index in [0.717, 1.165) is 42.2 Å². The molecule has 3 aromatic rings. The minimum absolute atomic E-state index is 0.629. The van der Waals surface area contributed by atoms with Gasteiger partial charge in [-0.2, -0.15) is 0 Å². The summed E-state index contributed by atoms with van der Waals surface area (Å²) in [5.41, 5.74) is 3.33. The number of benzene rings is 2. The summed E-state index contributed by atoms with van der Waals surface area (Å²) >= 11 is 8.03. The molecule has 1 aliphatic heterocycles. The molecule has 4 rings (SSSR count). The molecule has 1 aliphatic rings. The zero-order chi connectivity index (χ0) is 18.8. The Bertz CT molecular complexity index is 951. The fourth-order valence-corrected chi connectivity index (χ4v) is 4.54. The van der Waals surface area contributed by atoms with Crippen molar-refractivity contribution >= 4 is 22.9 Å². The molecular formula is C22H22ClNO2S. The molecule has 5 heteroatoms. The second-order valence-corrected chi connectivity index (χ2v) is 8.48. The van der Waals surface area contributed by atoms with E-state index in [1.165, 1.54) is 15.3 Å². The summed E-state index contributed by atoms with van der Waals surface area (Å²) in [6.07, 6.45) is 1.03. The maximum atomic E-state index is 6.28. The van der Waals surface area contributed by atoms with E-state index in [2.05, 4.69) is 31.1 Å². The van der Waals surface area contributed by atoms with Crippen LogP contribution in [0.5, 0.6) is 11.5 Å². The SMILES string of the molecule is CN(C)CCCOCc1cc2c(s1)-c1cc(Cl)ccc1Oc1ccccc1-2. The monoisotopic (exact) mass is 399 g/mol. The zero-order valence-electron chi connectivity index (χ0n) is 15.5. The lowest BCUT2D eigenvalue weighted by Gasteiger charge is -2.09. The first kappa shape index (κ1) is 18.5. The third-order valence-corrected chi connectivity index (χ3v) is 5.88. The molecule has 0 spiro atoms. The molecule has 0 unspecified atom stereocenters. The Morgan fingerprint density at radius 3 is 2.67 bits per heavy atom. The second-order valence-electron chi connectivity index (χ2n) is 6.90. The number of halogens is 1. The lowest BCUT2D eigenvalue weighted by atomic mass is 10.0. The molecule has 0 atom stereocenters. The molecule has 0 N–H and O–H groups in total. The van der Waals surface area contributed by atoms with E-state index in [4.69, 9.17) is 21.1 Å². The first-order valence-corrected chi connectivity index (χ1v) is 10.2. The molecule has 2 heterocycles. The maximum absolute atomic E-state index is 6.28. The van der Waals surface area contributed by atoms with E-state index >= 15 is 0 Å². The van der Waals surface area contributed by atoms with Gasteiger partial charge in [-0.1, -0.05) is 29.8 Å². The number of nitrogens with zero attached hydrogens (tertiary/aromatic N) is 1. The van der Waals surface area contributed by atoms with E-state index < -0.39 is 0 Å². The number of para-hydroxylation sites is 1. The predicted octanol–water partition coefficient (Wildman–Crippen LogP) is 6.31. The van der Waals surface area contributed by atoms with Gasteiger partial charge in [-0.15, -0.1) is 11.3 Å². The van der Waals surface area contributed by atoms with Crippen molar-refractivity contribution in [3.05, 3.63) is 58.4 Å². The zero-order valence-corrected chi connectivity index (χ0v) is 17.1. The summed E-state index contributed by atoms with van der Waals surface area (Å²) in [4.78, 5) is 4.57. The number of fused-ring (bicyclic) bond motifs is 5. The molecule has 0 amide bonds. The molecule has 0 aliphatic carbocycles. The molecule has 0 bridgehead atoms. The van der Waals surface area contributed by atoms with Crippen molar-refractivity contribution in [2.45, 2.75) is 13.0 Å². The number of thiophene rings is 1. The van der Waals surface area contributed by atoms with Crippen LogP contribution in [0.4, 0.5) is 0 Å². The first-order valence-electron chi connectivity index (χ1n) is 9.04. The van der Waals surface area contributed by atoms with E-state index in [1.807, 2.05) is 36.4 Å². The van der Waals surface area contributed by atoms with Gasteiger partial charge in [-0.25, -0.2) is 0 Å². The molecule has 1 aromatic heterocycles. The highest BCUT2D eigenvalue weighted by Gasteiger charge is 2.23. The Morgan fingerprint density at radius 2 is 1.81 bits per heavy atom. The summed E-state index contributed by atoms with van der Waals surface area (Å²) in [5, 5.41) is 0.712. The van der Waals surface area contributed by atoms with Crippen LogP contribution in [0.1, 0.15) is 11.3 Å². The summed E-state index contributed by atoms with van der Waals surface area (Å²) < 4.78 is 12.1. The Morgan fingerprint density at radius 1 is 1.00 bits per heavy atom. The van der Waals surface area contributed by atoms with E-state index in [9.17, 15) is 0 Å². The molecule has 0 fully saturated rings. The highest BCUT2D eigenvalue weighted by Crippen LogP contribution is 2.50. The van der Waals surface area contributed by atoms with Gasteiger partial charge in [-0.05, 0) is 57.4 Å². The third kappa shape index (κ3) is 4.04. The average molecular weight is 400 g/mol. The average Bonchev–Trinajstić information content (AvgIpc) is 3.02. The second kappa shape index (κ2) is 8.03. The Kier molecular flexibility index (Phi) is 5.50. The molecular weight excluding hydrogens is 378 g/mol. The Labute approximate surface area is 169 Å². The molecule has 27 heavy (non-hydrogen) atoms. The van der Waals surface area contributed by atoms with Gasteiger partial charge in [0.25, 0.3) is 0 Å². The lowest BCUT2D eigenvalue weighted by molar-refractivity contribution is 0.115. The minimum Gasteiger partial charge on any atom is -0.456 e. The van der Waals surface area contributed by atoms with Crippen molar-refractivity contribution in [3.8, 4) is 33.1 Å². The Hall–Kier alpha value is -1.85. The van der Waals surface area contributed by atoms with Gasteiger partial charge in [0, 0.05) is 38.1 Å². The van der Waals surface area contributed by atoms with Crippen LogP contribution in [0.3, 0.4) is 0 Å². The lowest BCUT2D eigenvalue weighted by Crippen LogP contribution is -2.14. The highest BCUT2D eigenvalue weighted by molar-refractivity contribution is 7.16. The van der Waals surface area contributed by atoms with Gasteiger partial charge < -0.3 is 14.4 Å². The Balaban J connectivity index is 1.65. The topological polar surface area (TPSA) is 21.7 Å². The van der Waals surface area contributed by atoms with Crippen LogP contribution in [-0.2, 0) is 11.3 Å². The first-order chi connectivity index (χ1) is 13.1. The molecule has 140 valence electrons. The number of hydrogen-bond donors (Lipinski definition) is 0. The smallest absolute Gasteiger partial charge is 0.136 e. The van der Waals surface area contributed by atoms with Gasteiger partial charge in [0.15, 0.2) is 0 Å². The van der Waals surface area contributed by atoms with Crippen LogP contribution in [0.25, 0.3) is 21.6 Å². The van der Waals surface area contributed by atoms with Crippen LogP contribution < -0.4 is 4.74 Å². The van der Waals surface area contributed by atoms with Gasteiger partial charge >= 0.3 is 0 Å². The van der Waals surface area contributed by atoms with Crippen molar-refractivity contribution in [2.75, 3.05) is 27.2 Å². The summed E-state index contributed by atoms with van der Waals surface area (Å²) in [6, 6.07) is 16.2. The molecule has 0 saturated carbocycles. The molecule has 3 nitrogen and oxygen atoms in total. The number of rotatable bonds is 6. The summed E-state index contributed by atoms with van der Waals surface area (Å²) in [7, 11) is 4.16. The van der Waals surface area contributed by atoms with Crippen LogP contribution in [0, 0.1) is 0 Å². The standard InChI is InChI=1S/C22H22ClNO2S/c1-24(2)10-5-11-25-14-16-13-18-17-6-3-4-7-20(17)26-21-9-8-15(23)12-19(21)22(18)27-16/h3-4,6-9,12-13H,5,10-11,14H2,1-2H3.